The largest absolute Gasteiger partial charge is 0.528 e. The van der Waals surface area contributed by atoms with Crippen molar-refractivity contribution >= 4 is 17.2 Å². The van der Waals surface area contributed by atoms with Crippen LogP contribution in [0.2, 0.25) is 0 Å². The molecule has 0 aliphatic carbocycles. The van der Waals surface area contributed by atoms with Crippen molar-refractivity contribution in [1.82, 2.24) is 24.8 Å². The van der Waals surface area contributed by atoms with Gasteiger partial charge in [0, 0.05) is 66.6 Å². The van der Waals surface area contributed by atoms with Crippen LogP contribution in [-0.4, -0.2) is 69.0 Å². The highest BCUT2D eigenvalue weighted by Crippen LogP contribution is 2.34. The molecule has 2 aliphatic heterocycles. The molecule has 224 valence electrons. The van der Waals surface area contributed by atoms with Gasteiger partial charge in [0.15, 0.2) is 0 Å². The number of nitrogens with one attached hydrogen (secondary N) is 1. The van der Waals surface area contributed by atoms with E-state index in [9.17, 15) is 10.1 Å². The van der Waals surface area contributed by atoms with Gasteiger partial charge in [-0.3, -0.25) is 4.68 Å². The number of nitrogens with zero attached hydrogens (tertiary/aromatic N) is 5. The number of hydrogen-bond acceptors (Lipinski definition) is 9. The zero-order valence-corrected chi connectivity index (χ0v) is 24.7. The van der Waals surface area contributed by atoms with Crippen LogP contribution in [0.4, 0.5) is 4.79 Å². The zero-order valence-electron chi connectivity index (χ0n) is 24.7. The van der Waals surface area contributed by atoms with E-state index in [2.05, 4.69) is 27.2 Å². The van der Waals surface area contributed by atoms with E-state index in [1.165, 1.54) is 0 Å². The minimum Gasteiger partial charge on any atom is -0.489 e. The molecule has 2 aliphatic rings. The molecule has 0 saturated carbocycles. The Morgan fingerprint density at radius 3 is 2.60 bits per heavy atom. The fraction of sp³-hybridized carbons (Fsp3) is 0.438. The number of carbonyl (C=O) groups is 1. The van der Waals surface area contributed by atoms with Crippen LogP contribution in [0.1, 0.15) is 58.1 Å². The molecule has 0 radical (unpaired) electrons. The second-order valence-corrected chi connectivity index (χ2v) is 12.0. The number of pyridine rings is 1. The predicted molar refractivity (Wildman–Crippen MR) is 159 cm³/mol. The Kier molecular flexibility index (Phi) is 8.06. The molecule has 0 bridgehead atoms. The van der Waals surface area contributed by atoms with Gasteiger partial charge in [0.1, 0.15) is 29.2 Å². The van der Waals surface area contributed by atoms with Crippen molar-refractivity contribution in [2.75, 3.05) is 26.3 Å². The number of piperidine rings is 1. The Balaban J connectivity index is 1.15. The van der Waals surface area contributed by atoms with Crippen molar-refractivity contribution in [3.8, 4) is 34.1 Å². The summed E-state index contributed by atoms with van der Waals surface area (Å²) < 4.78 is 18.8. The number of hydroxylamine groups is 2. The molecule has 43 heavy (non-hydrogen) atoms. The number of hydrogen-bond donors (Lipinski definition) is 1. The Hall–Kier alpha value is -4.40. The lowest BCUT2D eigenvalue weighted by atomic mass is 10.0. The third-order valence-corrected chi connectivity index (χ3v) is 7.73. The van der Waals surface area contributed by atoms with Crippen LogP contribution in [0.25, 0.3) is 33.3 Å². The van der Waals surface area contributed by atoms with E-state index in [0.717, 1.165) is 59.0 Å². The van der Waals surface area contributed by atoms with E-state index < -0.39 is 11.8 Å². The van der Waals surface area contributed by atoms with Gasteiger partial charge in [-0.15, -0.1) is 5.06 Å². The SMILES string of the molecule is CC(C)(C)OC(=O)ON1CCC(n2cc(-c3cnc4[nH]cc(-c5ccc(OC6CCOCC6)c(C#N)c5)c4c3)cn2)CC1. The standard InChI is InChI=1S/C32H36N6O5/c1-32(2,3)42-31(39)43-37-10-6-25(7-11-37)38-20-24(18-36-38)23-15-27-28(19-35-30(27)34-17-23)21-4-5-29(22(14-21)16-33)41-26-8-12-40-13-9-26/h4-5,14-15,17-20,25-26H,6-13H2,1-3H3,(H,34,35). The molecule has 0 amide bonds. The molecule has 11 heteroatoms. The van der Waals surface area contributed by atoms with Crippen molar-refractivity contribution in [3.05, 3.63) is 54.6 Å². The van der Waals surface area contributed by atoms with Crippen LogP contribution >= 0.6 is 0 Å². The molecule has 4 aromatic rings. The van der Waals surface area contributed by atoms with Gasteiger partial charge in [0.2, 0.25) is 0 Å². The molecule has 0 spiro atoms. The third-order valence-electron chi connectivity index (χ3n) is 7.73. The average molecular weight is 585 g/mol. The van der Waals surface area contributed by atoms with Gasteiger partial charge in [0.05, 0.1) is 31.0 Å². The second-order valence-electron chi connectivity index (χ2n) is 12.0. The number of aromatic nitrogens is 4. The van der Waals surface area contributed by atoms with Crippen LogP contribution in [0, 0.1) is 11.3 Å². The Morgan fingerprint density at radius 1 is 1.07 bits per heavy atom. The Labute approximate surface area is 250 Å². The highest BCUT2D eigenvalue weighted by molar-refractivity contribution is 5.96. The van der Waals surface area contributed by atoms with Crippen LogP contribution < -0.4 is 4.74 Å². The normalized spacial score (nSPS) is 17.1. The monoisotopic (exact) mass is 584 g/mol. The number of aromatic amines is 1. The van der Waals surface area contributed by atoms with E-state index in [1.807, 2.05) is 68.4 Å². The summed E-state index contributed by atoms with van der Waals surface area (Å²) in [4.78, 5) is 25.3. The molecule has 11 nitrogen and oxygen atoms in total. The number of carbonyl (C=O) groups excluding carboxylic acids is 1. The molecule has 1 aromatic carbocycles. The summed E-state index contributed by atoms with van der Waals surface area (Å²) in [7, 11) is 0. The average Bonchev–Trinajstić information content (AvgIpc) is 3.65. The van der Waals surface area contributed by atoms with Gasteiger partial charge in [-0.1, -0.05) is 6.07 Å². The zero-order chi connectivity index (χ0) is 30.0. The smallest absolute Gasteiger partial charge is 0.489 e. The minimum absolute atomic E-state index is 0.0607. The van der Waals surface area contributed by atoms with Crippen molar-refractivity contribution in [2.45, 2.75) is 64.2 Å². The minimum atomic E-state index is -0.678. The van der Waals surface area contributed by atoms with Gasteiger partial charge in [-0.25, -0.2) is 9.78 Å². The Morgan fingerprint density at radius 2 is 1.86 bits per heavy atom. The first-order valence-electron chi connectivity index (χ1n) is 14.7. The quantitative estimate of drug-likeness (QED) is 0.270. The lowest BCUT2D eigenvalue weighted by molar-refractivity contribution is -0.154. The van der Waals surface area contributed by atoms with Crippen LogP contribution in [0.3, 0.4) is 0 Å². The van der Waals surface area contributed by atoms with Gasteiger partial charge in [-0.05, 0) is 57.4 Å². The fourth-order valence-corrected chi connectivity index (χ4v) is 5.52. The lowest BCUT2D eigenvalue weighted by Gasteiger charge is -2.31. The van der Waals surface area contributed by atoms with Crippen LogP contribution in [0.5, 0.6) is 5.75 Å². The van der Waals surface area contributed by atoms with Gasteiger partial charge in [-0.2, -0.15) is 10.4 Å². The number of fused-ring (bicyclic) bond motifs is 1. The van der Waals surface area contributed by atoms with Crippen molar-refractivity contribution in [1.29, 1.82) is 5.26 Å². The molecular weight excluding hydrogens is 548 g/mol. The first-order chi connectivity index (χ1) is 20.8. The Bertz CT molecular complexity index is 1630. The number of benzene rings is 1. The van der Waals surface area contributed by atoms with Crippen molar-refractivity contribution < 1.29 is 23.8 Å². The summed E-state index contributed by atoms with van der Waals surface area (Å²) in [6.07, 6.45) is 10.3. The lowest BCUT2D eigenvalue weighted by Crippen LogP contribution is -2.38. The van der Waals surface area contributed by atoms with Gasteiger partial charge < -0.3 is 24.0 Å². The summed E-state index contributed by atoms with van der Waals surface area (Å²) in [5.41, 5.74) is 4.47. The van der Waals surface area contributed by atoms with Crippen molar-refractivity contribution in [2.24, 2.45) is 0 Å². The maximum Gasteiger partial charge on any atom is 0.528 e. The van der Waals surface area contributed by atoms with E-state index in [4.69, 9.17) is 19.0 Å². The maximum atomic E-state index is 12.0. The van der Waals surface area contributed by atoms with Crippen molar-refractivity contribution in [3.63, 3.8) is 0 Å². The van der Waals surface area contributed by atoms with E-state index in [-0.39, 0.29) is 12.1 Å². The molecule has 2 fully saturated rings. The summed E-state index contributed by atoms with van der Waals surface area (Å²) in [5, 5.41) is 17.1. The molecular formula is C32H36N6O5. The topological polar surface area (TPSA) is 128 Å². The number of nitriles is 1. The maximum absolute atomic E-state index is 12.0. The molecule has 0 unspecified atom stereocenters. The summed E-state index contributed by atoms with van der Waals surface area (Å²) in [5.74, 6) is 0.603. The number of rotatable bonds is 6. The molecule has 3 aromatic heterocycles. The summed E-state index contributed by atoms with van der Waals surface area (Å²) >= 11 is 0. The molecule has 2 saturated heterocycles. The second kappa shape index (κ2) is 12.1. The van der Waals surface area contributed by atoms with Crippen LogP contribution in [0.15, 0.2) is 49.1 Å². The fourth-order valence-electron chi connectivity index (χ4n) is 5.52. The first kappa shape index (κ1) is 28.7. The molecule has 5 heterocycles. The van der Waals surface area contributed by atoms with Gasteiger partial charge >= 0.3 is 6.16 Å². The van der Waals surface area contributed by atoms with E-state index in [1.54, 1.807) is 5.06 Å². The summed E-state index contributed by atoms with van der Waals surface area (Å²) in [6, 6.07) is 10.3. The summed E-state index contributed by atoms with van der Waals surface area (Å²) in [6.45, 7) is 7.99. The van der Waals surface area contributed by atoms with Crippen LogP contribution in [-0.2, 0) is 14.3 Å². The first-order valence-corrected chi connectivity index (χ1v) is 14.7. The van der Waals surface area contributed by atoms with E-state index >= 15 is 0 Å². The number of ether oxygens (including phenoxy) is 3. The molecule has 0 atom stereocenters. The third kappa shape index (κ3) is 6.66. The van der Waals surface area contributed by atoms with Gasteiger partial charge in [0.25, 0.3) is 0 Å². The number of H-pyrrole nitrogens is 1. The molecule has 6 rings (SSSR count). The predicted octanol–water partition coefficient (Wildman–Crippen LogP) is 6.03. The molecule has 1 N–H and O–H groups in total. The highest BCUT2D eigenvalue weighted by atomic mass is 16.8. The van der Waals surface area contributed by atoms with E-state index in [0.29, 0.717) is 37.6 Å². The highest BCUT2D eigenvalue weighted by Gasteiger charge is 2.26.